The fourth-order valence-corrected chi connectivity index (χ4v) is 1.06. The molecule has 0 aliphatic rings. The number of amides is 1. The summed E-state index contributed by atoms with van der Waals surface area (Å²) >= 11 is 0. The predicted molar refractivity (Wildman–Crippen MR) is 52.4 cm³/mol. The third-order valence-corrected chi connectivity index (χ3v) is 2.33. The number of carbonyl (C=O) groups is 1. The van der Waals surface area contributed by atoms with Gasteiger partial charge >= 0.3 is 0 Å². The Labute approximate surface area is 79.7 Å². The van der Waals surface area contributed by atoms with E-state index in [9.17, 15) is 4.79 Å². The maximum absolute atomic E-state index is 11.2. The van der Waals surface area contributed by atoms with Gasteiger partial charge in [-0.25, -0.2) is 0 Å². The molecule has 0 bridgehead atoms. The smallest absolute Gasteiger partial charge is 0.236 e. The lowest BCUT2D eigenvalue weighted by molar-refractivity contribution is -0.122. The first-order valence-corrected chi connectivity index (χ1v) is 4.59. The molecule has 0 aromatic carbocycles. The van der Waals surface area contributed by atoms with E-state index in [1.165, 1.54) is 0 Å². The van der Waals surface area contributed by atoms with Gasteiger partial charge in [-0.3, -0.25) is 10.1 Å². The van der Waals surface area contributed by atoms with Crippen molar-refractivity contribution >= 4 is 5.91 Å². The average Bonchev–Trinajstić information content (AvgIpc) is 2.16. The second-order valence-corrected chi connectivity index (χ2v) is 3.55. The second kappa shape index (κ2) is 5.19. The summed E-state index contributed by atoms with van der Waals surface area (Å²) in [4.78, 5) is 11.2. The summed E-state index contributed by atoms with van der Waals surface area (Å²) in [6.45, 7) is 5.68. The van der Waals surface area contributed by atoms with Gasteiger partial charge in [0.2, 0.25) is 5.91 Å². The Morgan fingerprint density at radius 1 is 1.62 bits per heavy atom. The molecule has 0 saturated heterocycles. The van der Waals surface area contributed by atoms with E-state index >= 15 is 0 Å². The molecule has 0 radical (unpaired) electrons. The van der Waals surface area contributed by atoms with E-state index in [0.29, 0.717) is 0 Å². The molecule has 0 aromatic rings. The first kappa shape index (κ1) is 12.4. The van der Waals surface area contributed by atoms with Gasteiger partial charge in [-0.05, 0) is 20.3 Å². The minimum absolute atomic E-state index is 0.0326. The van der Waals surface area contributed by atoms with Gasteiger partial charge in [-0.2, -0.15) is 0 Å². The third-order valence-electron chi connectivity index (χ3n) is 2.33. The van der Waals surface area contributed by atoms with E-state index in [4.69, 9.17) is 5.11 Å². The van der Waals surface area contributed by atoms with Crippen LogP contribution in [-0.2, 0) is 4.79 Å². The Hall–Kier alpha value is -0.610. The van der Waals surface area contributed by atoms with Crippen molar-refractivity contribution in [1.82, 2.24) is 10.6 Å². The van der Waals surface area contributed by atoms with Crippen LogP contribution < -0.4 is 10.6 Å². The minimum Gasteiger partial charge on any atom is -0.394 e. The van der Waals surface area contributed by atoms with Gasteiger partial charge in [0.25, 0.3) is 0 Å². The van der Waals surface area contributed by atoms with Crippen LogP contribution in [0.3, 0.4) is 0 Å². The van der Waals surface area contributed by atoms with Crippen LogP contribution in [0, 0.1) is 0 Å². The van der Waals surface area contributed by atoms with Crippen LogP contribution in [0.4, 0.5) is 0 Å². The molecule has 0 spiro atoms. The molecule has 2 atom stereocenters. The number of hydrogen-bond acceptors (Lipinski definition) is 3. The van der Waals surface area contributed by atoms with Gasteiger partial charge in [0, 0.05) is 12.6 Å². The van der Waals surface area contributed by atoms with Crippen molar-refractivity contribution in [3.63, 3.8) is 0 Å². The van der Waals surface area contributed by atoms with Crippen LogP contribution in [0.5, 0.6) is 0 Å². The van der Waals surface area contributed by atoms with Crippen molar-refractivity contribution in [2.45, 2.75) is 38.8 Å². The van der Waals surface area contributed by atoms with E-state index in [0.717, 1.165) is 6.42 Å². The van der Waals surface area contributed by atoms with Gasteiger partial charge in [0.15, 0.2) is 0 Å². The van der Waals surface area contributed by atoms with E-state index in [1.54, 1.807) is 14.0 Å². The SMILES string of the molecule is CCC(C)(CO)NC(C)C(=O)NC. The number of aliphatic hydroxyl groups is 1. The normalized spacial score (nSPS) is 17.6. The molecule has 0 aliphatic carbocycles. The Morgan fingerprint density at radius 3 is 2.46 bits per heavy atom. The lowest BCUT2D eigenvalue weighted by Crippen LogP contribution is -2.54. The lowest BCUT2D eigenvalue weighted by atomic mass is 9.99. The summed E-state index contributed by atoms with van der Waals surface area (Å²) < 4.78 is 0. The molecule has 3 N–H and O–H groups in total. The highest BCUT2D eigenvalue weighted by Crippen LogP contribution is 2.08. The molecule has 13 heavy (non-hydrogen) atoms. The van der Waals surface area contributed by atoms with Gasteiger partial charge in [-0.15, -0.1) is 0 Å². The Kier molecular flexibility index (Phi) is 4.95. The van der Waals surface area contributed by atoms with Gasteiger partial charge in [-0.1, -0.05) is 6.92 Å². The first-order chi connectivity index (χ1) is 5.99. The maximum atomic E-state index is 11.2. The van der Waals surface area contributed by atoms with Gasteiger partial charge in [0.1, 0.15) is 0 Å². The molecule has 78 valence electrons. The molecule has 0 rings (SSSR count). The van der Waals surface area contributed by atoms with Crippen molar-refractivity contribution in [2.75, 3.05) is 13.7 Å². The van der Waals surface area contributed by atoms with Crippen molar-refractivity contribution in [3.05, 3.63) is 0 Å². The summed E-state index contributed by atoms with van der Waals surface area (Å²) in [5.41, 5.74) is -0.369. The third kappa shape index (κ3) is 3.74. The Balaban J connectivity index is 4.16. The number of carbonyl (C=O) groups excluding carboxylic acids is 1. The van der Waals surface area contributed by atoms with Crippen LogP contribution in [-0.4, -0.2) is 36.2 Å². The first-order valence-electron chi connectivity index (χ1n) is 4.59. The highest BCUT2D eigenvalue weighted by atomic mass is 16.3. The zero-order valence-corrected chi connectivity index (χ0v) is 8.85. The highest BCUT2D eigenvalue weighted by molar-refractivity contribution is 5.81. The van der Waals surface area contributed by atoms with Crippen LogP contribution in [0.15, 0.2) is 0 Å². The van der Waals surface area contributed by atoms with Gasteiger partial charge in [0.05, 0.1) is 12.6 Å². The number of likely N-dealkylation sites (N-methyl/N-ethyl adjacent to an activating group) is 1. The zero-order chi connectivity index (χ0) is 10.5. The molecule has 1 amide bonds. The standard InChI is InChI=1S/C9H20N2O2/c1-5-9(3,6-12)11-7(2)8(13)10-4/h7,11-12H,5-6H2,1-4H3,(H,10,13). The molecule has 0 heterocycles. The molecule has 0 aromatic heterocycles. The quantitative estimate of drug-likeness (QED) is 0.563. The molecule has 4 nitrogen and oxygen atoms in total. The molecule has 0 fully saturated rings. The second-order valence-electron chi connectivity index (χ2n) is 3.55. The van der Waals surface area contributed by atoms with Crippen molar-refractivity contribution in [2.24, 2.45) is 0 Å². The topological polar surface area (TPSA) is 61.4 Å². The summed E-state index contributed by atoms with van der Waals surface area (Å²) in [7, 11) is 1.60. The van der Waals surface area contributed by atoms with E-state index in [2.05, 4.69) is 10.6 Å². The molecule has 0 saturated carbocycles. The van der Waals surface area contributed by atoms with Crippen molar-refractivity contribution in [1.29, 1.82) is 0 Å². The summed E-state index contributed by atoms with van der Waals surface area (Å²) in [5, 5.41) is 14.7. The van der Waals surface area contributed by atoms with E-state index in [1.807, 2.05) is 13.8 Å². The summed E-state index contributed by atoms with van der Waals surface area (Å²) in [6, 6.07) is -0.276. The molecule has 2 unspecified atom stereocenters. The van der Waals surface area contributed by atoms with Crippen LogP contribution in [0.1, 0.15) is 27.2 Å². The highest BCUT2D eigenvalue weighted by Gasteiger charge is 2.25. The Bertz CT molecular complexity index is 167. The Morgan fingerprint density at radius 2 is 2.15 bits per heavy atom. The molecular weight excluding hydrogens is 168 g/mol. The number of nitrogens with one attached hydrogen (secondary N) is 2. The largest absolute Gasteiger partial charge is 0.394 e. The lowest BCUT2D eigenvalue weighted by Gasteiger charge is -2.30. The molecule has 4 heteroatoms. The number of rotatable bonds is 5. The van der Waals surface area contributed by atoms with Crippen molar-refractivity contribution in [3.8, 4) is 0 Å². The summed E-state index contributed by atoms with van der Waals surface area (Å²) in [5.74, 6) is -0.0619. The molecular formula is C9H20N2O2. The predicted octanol–water partition coefficient (Wildman–Crippen LogP) is -0.128. The monoisotopic (exact) mass is 188 g/mol. The number of aliphatic hydroxyl groups excluding tert-OH is 1. The average molecular weight is 188 g/mol. The van der Waals surface area contributed by atoms with E-state index < -0.39 is 0 Å². The van der Waals surface area contributed by atoms with Crippen LogP contribution in [0.25, 0.3) is 0 Å². The fourth-order valence-electron chi connectivity index (χ4n) is 1.06. The zero-order valence-electron chi connectivity index (χ0n) is 8.85. The maximum Gasteiger partial charge on any atom is 0.236 e. The number of hydrogen-bond donors (Lipinski definition) is 3. The van der Waals surface area contributed by atoms with E-state index in [-0.39, 0.29) is 24.1 Å². The van der Waals surface area contributed by atoms with Crippen LogP contribution in [0.2, 0.25) is 0 Å². The molecule has 0 aliphatic heterocycles. The van der Waals surface area contributed by atoms with Crippen LogP contribution >= 0.6 is 0 Å². The minimum atomic E-state index is -0.369. The van der Waals surface area contributed by atoms with Gasteiger partial charge < -0.3 is 10.4 Å². The van der Waals surface area contributed by atoms with Crippen molar-refractivity contribution < 1.29 is 9.90 Å². The fraction of sp³-hybridized carbons (Fsp3) is 0.889. The summed E-state index contributed by atoms with van der Waals surface area (Å²) in [6.07, 6.45) is 0.783.